The number of benzene rings is 1. The van der Waals surface area contributed by atoms with E-state index >= 15 is 0 Å². The summed E-state index contributed by atoms with van der Waals surface area (Å²) in [5.41, 5.74) is 0.549. The molecule has 84 valence electrons. The molecule has 4 heteroatoms. The summed E-state index contributed by atoms with van der Waals surface area (Å²) >= 11 is 3.27. The van der Waals surface area contributed by atoms with E-state index in [2.05, 4.69) is 15.9 Å². The van der Waals surface area contributed by atoms with Crippen molar-refractivity contribution in [1.82, 2.24) is 0 Å². The predicted molar refractivity (Wildman–Crippen MR) is 60.1 cm³/mol. The molecule has 0 saturated heterocycles. The molecule has 0 aliphatic carbocycles. The zero-order valence-electron chi connectivity index (χ0n) is 8.38. The minimum absolute atomic E-state index is 0.175. The summed E-state index contributed by atoms with van der Waals surface area (Å²) in [5, 5.41) is 8.54. The molecule has 0 saturated carbocycles. The van der Waals surface area contributed by atoms with Crippen molar-refractivity contribution >= 4 is 15.9 Å². The second kappa shape index (κ2) is 6.93. The Morgan fingerprint density at radius 3 is 2.87 bits per heavy atom. The lowest BCUT2D eigenvalue weighted by atomic mass is 10.2. The van der Waals surface area contributed by atoms with Crippen LogP contribution in [0.4, 0.5) is 4.39 Å². The number of aliphatic hydroxyl groups is 1. The second-order valence-electron chi connectivity index (χ2n) is 3.22. The van der Waals surface area contributed by atoms with Gasteiger partial charge in [0.15, 0.2) is 0 Å². The van der Waals surface area contributed by atoms with Gasteiger partial charge in [0.25, 0.3) is 0 Å². The van der Waals surface area contributed by atoms with Gasteiger partial charge in [-0.25, -0.2) is 4.39 Å². The zero-order chi connectivity index (χ0) is 11.1. The van der Waals surface area contributed by atoms with Crippen LogP contribution in [-0.2, 0) is 11.3 Å². The molecular formula is C11H14BrFO2. The lowest BCUT2D eigenvalue weighted by Crippen LogP contribution is -1.99. The van der Waals surface area contributed by atoms with E-state index in [-0.39, 0.29) is 19.0 Å². The van der Waals surface area contributed by atoms with Crippen molar-refractivity contribution in [3.8, 4) is 0 Å². The normalized spacial score (nSPS) is 10.6. The number of ether oxygens (including phenoxy) is 1. The number of hydrogen-bond donors (Lipinski definition) is 1. The van der Waals surface area contributed by atoms with Gasteiger partial charge in [0.2, 0.25) is 0 Å². The van der Waals surface area contributed by atoms with Gasteiger partial charge in [-0.3, -0.25) is 0 Å². The van der Waals surface area contributed by atoms with Gasteiger partial charge in [-0.15, -0.1) is 0 Å². The lowest BCUT2D eigenvalue weighted by Gasteiger charge is -2.05. The fourth-order valence-electron chi connectivity index (χ4n) is 1.15. The van der Waals surface area contributed by atoms with Crippen LogP contribution in [0.3, 0.4) is 0 Å². The topological polar surface area (TPSA) is 29.5 Å². The highest BCUT2D eigenvalue weighted by atomic mass is 79.9. The summed E-state index contributed by atoms with van der Waals surface area (Å²) in [6.07, 6.45) is 1.52. The first kappa shape index (κ1) is 12.6. The molecule has 0 atom stereocenters. The van der Waals surface area contributed by atoms with Gasteiger partial charge in [-0.2, -0.15) is 0 Å². The van der Waals surface area contributed by atoms with E-state index in [4.69, 9.17) is 9.84 Å². The molecule has 0 aliphatic rings. The van der Waals surface area contributed by atoms with Gasteiger partial charge in [0, 0.05) is 23.2 Å². The fraction of sp³-hybridized carbons (Fsp3) is 0.455. The molecule has 1 rings (SSSR count). The van der Waals surface area contributed by atoms with Crippen molar-refractivity contribution in [2.24, 2.45) is 0 Å². The van der Waals surface area contributed by atoms with Crippen LogP contribution in [0.1, 0.15) is 18.4 Å². The Morgan fingerprint density at radius 2 is 2.13 bits per heavy atom. The fourth-order valence-corrected chi connectivity index (χ4v) is 1.56. The van der Waals surface area contributed by atoms with E-state index in [9.17, 15) is 4.39 Å². The smallest absolute Gasteiger partial charge is 0.128 e. The van der Waals surface area contributed by atoms with Crippen LogP contribution in [0.5, 0.6) is 0 Å². The highest BCUT2D eigenvalue weighted by Crippen LogP contribution is 2.16. The van der Waals surface area contributed by atoms with Gasteiger partial charge in [-0.05, 0) is 31.0 Å². The molecule has 0 unspecified atom stereocenters. The Hall–Kier alpha value is -0.450. The lowest BCUT2D eigenvalue weighted by molar-refractivity contribution is 0.110. The molecule has 0 aliphatic heterocycles. The summed E-state index contributed by atoms with van der Waals surface area (Å²) in [6, 6.07) is 4.78. The molecule has 0 heterocycles. The van der Waals surface area contributed by atoms with Crippen LogP contribution >= 0.6 is 15.9 Å². The van der Waals surface area contributed by atoms with Crippen molar-refractivity contribution < 1.29 is 14.2 Å². The Bertz CT molecular complexity index is 305. The SMILES string of the molecule is OCCCCOCc1cc(Br)ccc1F. The Kier molecular flexibility index (Phi) is 5.83. The number of aliphatic hydroxyl groups excluding tert-OH is 1. The van der Waals surface area contributed by atoms with Crippen molar-refractivity contribution in [3.05, 3.63) is 34.1 Å². The van der Waals surface area contributed by atoms with Crippen molar-refractivity contribution in [1.29, 1.82) is 0 Å². The van der Waals surface area contributed by atoms with Crippen molar-refractivity contribution in [2.45, 2.75) is 19.4 Å². The van der Waals surface area contributed by atoms with E-state index in [0.29, 0.717) is 12.2 Å². The molecule has 0 amide bonds. The number of hydrogen-bond acceptors (Lipinski definition) is 2. The highest BCUT2D eigenvalue weighted by Gasteiger charge is 2.02. The molecular weight excluding hydrogens is 263 g/mol. The number of unbranched alkanes of at least 4 members (excludes halogenated alkanes) is 1. The first-order valence-corrected chi connectivity index (χ1v) is 5.66. The first-order chi connectivity index (χ1) is 7.24. The third kappa shape index (κ3) is 4.73. The molecule has 0 bridgehead atoms. The Balaban J connectivity index is 2.33. The van der Waals surface area contributed by atoms with E-state index in [1.54, 1.807) is 12.1 Å². The van der Waals surface area contributed by atoms with E-state index < -0.39 is 0 Å². The maximum absolute atomic E-state index is 13.2. The summed E-state index contributed by atoms with van der Waals surface area (Å²) in [7, 11) is 0. The summed E-state index contributed by atoms with van der Waals surface area (Å²) in [4.78, 5) is 0. The molecule has 2 nitrogen and oxygen atoms in total. The number of rotatable bonds is 6. The van der Waals surface area contributed by atoms with Gasteiger partial charge in [0.1, 0.15) is 5.82 Å². The second-order valence-corrected chi connectivity index (χ2v) is 4.13. The molecule has 0 fully saturated rings. The van der Waals surface area contributed by atoms with Crippen LogP contribution in [0.25, 0.3) is 0 Å². The molecule has 1 aromatic carbocycles. The summed E-state index contributed by atoms with van der Waals surface area (Å²) < 4.78 is 19.3. The zero-order valence-corrected chi connectivity index (χ0v) is 9.96. The minimum atomic E-state index is -0.250. The largest absolute Gasteiger partial charge is 0.396 e. The van der Waals surface area contributed by atoms with Crippen LogP contribution in [0.15, 0.2) is 22.7 Å². The summed E-state index contributed by atoms with van der Waals surface area (Å²) in [5.74, 6) is -0.250. The minimum Gasteiger partial charge on any atom is -0.396 e. The Labute approximate surface area is 97.2 Å². The maximum atomic E-state index is 13.2. The van der Waals surface area contributed by atoms with Crippen LogP contribution < -0.4 is 0 Å². The monoisotopic (exact) mass is 276 g/mol. The van der Waals surface area contributed by atoms with Crippen LogP contribution in [0, 0.1) is 5.82 Å². The van der Waals surface area contributed by atoms with Crippen molar-refractivity contribution in [2.75, 3.05) is 13.2 Å². The first-order valence-electron chi connectivity index (χ1n) is 4.86. The van der Waals surface area contributed by atoms with Gasteiger partial charge < -0.3 is 9.84 Å². The molecule has 15 heavy (non-hydrogen) atoms. The average Bonchev–Trinajstić information content (AvgIpc) is 2.23. The average molecular weight is 277 g/mol. The molecule has 0 radical (unpaired) electrons. The standard InChI is InChI=1S/C11H14BrFO2/c12-10-3-4-11(13)9(7-10)8-15-6-2-1-5-14/h3-4,7,14H,1-2,5-6,8H2. The summed E-state index contributed by atoms with van der Waals surface area (Å²) in [6.45, 7) is 0.998. The number of halogens is 2. The van der Waals surface area contributed by atoms with E-state index in [0.717, 1.165) is 17.3 Å². The van der Waals surface area contributed by atoms with Gasteiger partial charge in [-0.1, -0.05) is 15.9 Å². The van der Waals surface area contributed by atoms with Crippen LogP contribution in [0.2, 0.25) is 0 Å². The van der Waals surface area contributed by atoms with E-state index in [1.165, 1.54) is 6.07 Å². The highest BCUT2D eigenvalue weighted by molar-refractivity contribution is 9.10. The predicted octanol–water partition coefficient (Wildman–Crippen LogP) is 2.88. The van der Waals surface area contributed by atoms with Crippen molar-refractivity contribution in [3.63, 3.8) is 0 Å². The molecule has 1 aromatic rings. The molecule has 0 spiro atoms. The Morgan fingerprint density at radius 1 is 1.33 bits per heavy atom. The van der Waals surface area contributed by atoms with E-state index in [1.807, 2.05) is 0 Å². The third-order valence-corrected chi connectivity index (χ3v) is 2.46. The van der Waals surface area contributed by atoms with Gasteiger partial charge >= 0.3 is 0 Å². The quantitative estimate of drug-likeness (QED) is 0.810. The third-order valence-electron chi connectivity index (χ3n) is 1.96. The van der Waals surface area contributed by atoms with Crippen LogP contribution in [-0.4, -0.2) is 18.3 Å². The molecule has 0 aromatic heterocycles. The molecule has 1 N–H and O–H groups in total. The van der Waals surface area contributed by atoms with Gasteiger partial charge in [0.05, 0.1) is 6.61 Å². The maximum Gasteiger partial charge on any atom is 0.128 e.